The number of carbonyl (C=O) groups is 1. The topological polar surface area (TPSA) is 104 Å². The minimum atomic E-state index is -4.57. The molecule has 1 aliphatic heterocycles. The van der Waals surface area contributed by atoms with E-state index in [9.17, 15) is 23.1 Å². The Hall–Kier alpha value is -2.98. The van der Waals surface area contributed by atoms with Crippen molar-refractivity contribution in [3.05, 3.63) is 29.2 Å². The van der Waals surface area contributed by atoms with Gasteiger partial charge in [0.15, 0.2) is 0 Å². The van der Waals surface area contributed by atoms with Crippen LogP contribution in [0.1, 0.15) is 37.7 Å². The summed E-state index contributed by atoms with van der Waals surface area (Å²) in [6, 6.07) is 0.801. The molecule has 0 saturated heterocycles. The van der Waals surface area contributed by atoms with Gasteiger partial charge in [-0.15, -0.1) is 0 Å². The van der Waals surface area contributed by atoms with Gasteiger partial charge in [0.25, 0.3) is 0 Å². The highest BCUT2D eigenvalue weighted by Crippen LogP contribution is 2.31. The maximum absolute atomic E-state index is 12.9. The molecule has 2 aromatic heterocycles. The minimum Gasteiger partial charge on any atom is -0.493 e. The Bertz CT molecular complexity index is 911. The van der Waals surface area contributed by atoms with Gasteiger partial charge in [-0.2, -0.15) is 18.2 Å². The normalized spacial score (nSPS) is 14.6. The molecule has 0 aliphatic carbocycles. The van der Waals surface area contributed by atoms with E-state index in [0.717, 1.165) is 12.3 Å². The van der Waals surface area contributed by atoms with Gasteiger partial charge in [0.05, 0.1) is 12.2 Å². The van der Waals surface area contributed by atoms with Gasteiger partial charge in [-0.1, -0.05) is 20.8 Å². The largest absolute Gasteiger partial charge is 0.493 e. The maximum atomic E-state index is 12.9. The van der Waals surface area contributed by atoms with Gasteiger partial charge in [-0.3, -0.25) is 10.1 Å². The van der Waals surface area contributed by atoms with Crippen LogP contribution in [0.25, 0.3) is 0 Å². The number of hydrogen-bond donors (Lipinski definition) is 2. The molecule has 0 fully saturated rings. The van der Waals surface area contributed by atoms with E-state index in [1.807, 2.05) is 0 Å². The number of amides is 1. The van der Waals surface area contributed by atoms with Crippen LogP contribution < -0.4 is 10.2 Å². The second-order valence-electron chi connectivity index (χ2n) is 7.41. The van der Waals surface area contributed by atoms with Gasteiger partial charge in [0.2, 0.25) is 23.7 Å². The summed E-state index contributed by atoms with van der Waals surface area (Å²) in [5.41, 5.74) is -0.847. The number of carbonyl (C=O) groups excluding carboxylic acids is 1. The number of nitrogens with one attached hydrogen (secondary N) is 1. The molecule has 0 radical (unpaired) electrons. The lowest BCUT2D eigenvalue weighted by atomic mass is 9.96. The van der Waals surface area contributed by atoms with Crippen molar-refractivity contribution >= 4 is 17.8 Å². The smallest absolute Gasteiger partial charge is 0.433 e. The van der Waals surface area contributed by atoms with Crippen molar-refractivity contribution in [3.63, 3.8) is 0 Å². The van der Waals surface area contributed by atoms with E-state index in [0.29, 0.717) is 24.2 Å². The molecular weight excluding hydrogens is 377 g/mol. The summed E-state index contributed by atoms with van der Waals surface area (Å²) in [6.07, 6.45) is -3.22. The first kappa shape index (κ1) is 19.8. The van der Waals surface area contributed by atoms with Crippen molar-refractivity contribution in [1.82, 2.24) is 19.9 Å². The lowest BCUT2D eigenvalue weighted by Gasteiger charge is -2.28. The number of anilines is 2. The molecule has 0 saturated carbocycles. The Morgan fingerprint density at radius 1 is 1.21 bits per heavy atom. The number of nitrogens with zero attached hydrogens (tertiary/aromatic N) is 5. The number of hydrogen-bond acceptors (Lipinski definition) is 7. The predicted molar refractivity (Wildman–Crippen MR) is 93.6 cm³/mol. The van der Waals surface area contributed by atoms with Gasteiger partial charge in [0, 0.05) is 23.7 Å². The third-order valence-corrected chi connectivity index (χ3v) is 4.17. The molecule has 0 atom stereocenters. The van der Waals surface area contributed by atoms with E-state index in [2.05, 4.69) is 25.3 Å². The van der Waals surface area contributed by atoms with Crippen LogP contribution in [-0.4, -0.2) is 37.5 Å². The first-order valence-corrected chi connectivity index (χ1v) is 8.50. The zero-order chi connectivity index (χ0) is 20.7. The Balaban J connectivity index is 1.87. The van der Waals surface area contributed by atoms with Crippen molar-refractivity contribution in [2.75, 3.05) is 16.8 Å². The highest BCUT2D eigenvalue weighted by molar-refractivity contribution is 5.93. The first-order chi connectivity index (χ1) is 12.9. The third kappa shape index (κ3) is 4.12. The number of aromatic nitrogens is 4. The number of rotatable bonds is 2. The second-order valence-corrected chi connectivity index (χ2v) is 7.41. The number of halogens is 3. The fourth-order valence-corrected chi connectivity index (χ4v) is 2.58. The molecule has 150 valence electrons. The van der Waals surface area contributed by atoms with Crippen LogP contribution in [-0.2, 0) is 23.9 Å². The number of aromatic hydroxyl groups is 1. The van der Waals surface area contributed by atoms with E-state index < -0.39 is 17.3 Å². The van der Waals surface area contributed by atoms with Gasteiger partial charge in [-0.25, -0.2) is 15.0 Å². The third-order valence-electron chi connectivity index (χ3n) is 4.17. The van der Waals surface area contributed by atoms with E-state index in [1.165, 1.54) is 4.90 Å². The van der Waals surface area contributed by atoms with E-state index >= 15 is 0 Å². The molecule has 3 heterocycles. The van der Waals surface area contributed by atoms with E-state index in [1.54, 1.807) is 20.8 Å². The summed E-state index contributed by atoms with van der Waals surface area (Å²) in [6.45, 7) is 5.51. The average molecular weight is 396 g/mol. The van der Waals surface area contributed by atoms with Crippen molar-refractivity contribution in [2.24, 2.45) is 5.41 Å². The summed E-state index contributed by atoms with van der Waals surface area (Å²) in [5.74, 6) is -0.749. The molecule has 28 heavy (non-hydrogen) atoms. The first-order valence-electron chi connectivity index (χ1n) is 8.50. The minimum absolute atomic E-state index is 0.0667. The molecule has 8 nitrogen and oxygen atoms in total. The Morgan fingerprint density at radius 2 is 1.93 bits per heavy atom. The number of fused-ring (bicyclic) bond motifs is 1. The zero-order valence-electron chi connectivity index (χ0n) is 15.5. The van der Waals surface area contributed by atoms with Gasteiger partial charge in [-0.05, 0) is 12.5 Å². The van der Waals surface area contributed by atoms with Gasteiger partial charge in [0.1, 0.15) is 5.69 Å². The molecule has 2 N–H and O–H groups in total. The molecule has 3 rings (SSSR count). The summed E-state index contributed by atoms with van der Waals surface area (Å²) >= 11 is 0. The highest BCUT2D eigenvalue weighted by atomic mass is 19.4. The Kier molecular flexibility index (Phi) is 4.86. The Morgan fingerprint density at radius 3 is 2.57 bits per heavy atom. The zero-order valence-corrected chi connectivity index (χ0v) is 15.5. The van der Waals surface area contributed by atoms with Crippen LogP contribution in [0.2, 0.25) is 0 Å². The molecule has 11 heteroatoms. The average Bonchev–Trinajstić information content (AvgIpc) is 2.60. The van der Waals surface area contributed by atoms with Crippen molar-refractivity contribution in [3.8, 4) is 5.88 Å². The van der Waals surface area contributed by atoms with Crippen molar-refractivity contribution < 1.29 is 23.1 Å². The Labute approximate surface area is 158 Å². The molecule has 0 bridgehead atoms. The van der Waals surface area contributed by atoms with Crippen LogP contribution in [0, 0.1) is 5.41 Å². The van der Waals surface area contributed by atoms with Gasteiger partial charge < -0.3 is 10.0 Å². The van der Waals surface area contributed by atoms with Crippen molar-refractivity contribution in [2.45, 2.75) is 39.9 Å². The monoisotopic (exact) mass is 396 g/mol. The molecule has 0 spiro atoms. The SMILES string of the molecule is CC(C)(C)C(=O)Nc1nc(O)c2c(n1)CN(c1nccc(C(F)(F)F)n1)CC2. The van der Waals surface area contributed by atoms with Crippen LogP contribution in [0.3, 0.4) is 0 Å². The maximum Gasteiger partial charge on any atom is 0.433 e. The lowest BCUT2D eigenvalue weighted by molar-refractivity contribution is -0.141. The van der Waals surface area contributed by atoms with E-state index in [-0.39, 0.29) is 30.2 Å². The van der Waals surface area contributed by atoms with Crippen LogP contribution >= 0.6 is 0 Å². The summed E-state index contributed by atoms with van der Waals surface area (Å²) in [4.78, 5) is 29.3. The van der Waals surface area contributed by atoms with E-state index in [4.69, 9.17) is 0 Å². The summed E-state index contributed by atoms with van der Waals surface area (Å²) in [5, 5.41) is 12.7. The van der Waals surface area contributed by atoms with Gasteiger partial charge >= 0.3 is 6.18 Å². The molecule has 0 unspecified atom stereocenters. The molecule has 0 aromatic carbocycles. The van der Waals surface area contributed by atoms with Crippen LogP contribution in [0.4, 0.5) is 25.1 Å². The molecular formula is C17H19F3N6O2. The summed E-state index contributed by atoms with van der Waals surface area (Å²) in [7, 11) is 0. The fraction of sp³-hybridized carbons (Fsp3) is 0.471. The second kappa shape index (κ2) is 6.88. The number of alkyl halides is 3. The standard InChI is InChI=1S/C17H19F3N6O2/c1-16(2,3)13(28)25-14-22-10-8-26(7-5-9(10)12(27)24-14)15-21-6-4-11(23-15)17(18,19)20/h4,6H,5,7-8H2,1-3H3,(H2,22,24,25,27,28). The quantitative estimate of drug-likeness (QED) is 0.804. The molecule has 1 aliphatic rings. The van der Waals surface area contributed by atoms with Crippen LogP contribution in [0.15, 0.2) is 12.3 Å². The summed E-state index contributed by atoms with van der Waals surface area (Å²) < 4.78 is 38.7. The fourth-order valence-electron chi connectivity index (χ4n) is 2.58. The highest BCUT2D eigenvalue weighted by Gasteiger charge is 2.34. The molecule has 2 aromatic rings. The van der Waals surface area contributed by atoms with Crippen LogP contribution in [0.5, 0.6) is 5.88 Å². The predicted octanol–water partition coefficient (Wildman–Crippen LogP) is 2.54. The van der Waals surface area contributed by atoms with Crippen molar-refractivity contribution in [1.29, 1.82) is 0 Å². The lowest BCUT2D eigenvalue weighted by Crippen LogP contribution is -2.34. The molecule has 1 amide bonds.